The molecular weight excluding hydrogens is 176 g/mol. The fraction of sp³-hybridized carbons (Fsp3) is 1.00. The third kappa shape index (κ3) is 4.37. The molecule has 1 rings (SSSR count). The zero-order valence-corrected chi connectivity index (χ0v) is 9.55. The first kappa shape index (κ1) is 11.9. The molecule has 4 heteroatoms. The molecule has 0 unspecified atom stereocenters. The van der Waals surface area contributed by atoms with Crippen molar-refractivity contribution >= 4 is 0 Å². The van der Waals surface area contributed by atoms with Crippen LogP contribution in [0.1, 0.15) is 0 Å². The van der Waals surface area contributed by atoms with Gasteiger partial charge in [0.1, 0.15) is 0 Å². The fourth-order valence-corrected chi connectivity index (χ4v) is 1.78. The van der Waals surface area contributed by atoms with E-state index in [1.165, 1.54) is 39.3 Å². The van der Waals surface area contributed by atoms with E-state index >= 15 is 0 Å². The number of nitrogens with one attached hydrogen (secondary N) is 2. The number of piperazine rings is 1. The summed E-state index contributed by atoms with van der Waals surface area (Å²) in [7, 11) is 4.03. The molecule has 84 valence electrons. The molecule has 0 atom stereocenters. The highest BCUT2D eigenvalue weighted by molar-refractivity contribution is 4.72. The normalized spacial score (nSPS) is 20.1. The number of hydrogen-bond donors (Lipinski definition) is 2. The molecule has 0 saturated carbocycles. The van der Waals surface area contributed by atoms with Gasteiger partial charge in [0.25, 0.3) is 0 Å². The van der Waals surface area contributed by atoms with Crippen molar-refractivity contribution in [3.8, 4) is 0 Å². The smallest absolute Gasteiger partial charge is 0.0110 e. The Morgan fingerprint density at radius 2 is 1.14 bits per heavy atom. The van der Waals surface area contributed by atoms with Crippen LogP contribution in [0.15, 0.2) is 0 Å². The topological polar surface area (TPSA) is 30.5 Å². The molecule has 1 aliphatic heterocycles. The van der Waals surface area contributed by atoms with Crippen LogP contribution < -0.4 is 10.6 Å². The minimum Gasteiger partial charge on any atom is -0.318 e. The van der Waals surface area contributed by atoms with Crippen molar-refractivity contribution in [1.29, 1.82) is 0 Å². The summed E-state index contributed by atoms with van der Waals surface area (Å²) in [5, 5.41) is 6.39. The van der Waals surface area contributed by atoms with E-state index in [1.807, 2.05) is 14.1 Å². The molecule has 1 heterocycles. The maximum atomic E-state index is 3.20. The van der Waals surface area contributed by atoms with Crippen LogP contribution >= 0.6 is 0 Å². The van der Waals surface area contributed by atoms with Crippen LogP contribution in [-0.2, 0) is 0 Å². The first-order valence-corrected chi connectivity index (χ1v) is 5.60. The van der Waals surface area contributed by atoms with Crippen LogP contribution in [-0.4, -0.2) is 76.3 Å². The zero-order valence-electron chi connectivity index (χ0n) is 9.55. The second-order valence-corrected chi connectivity index (χ2v) is 3.89. The largest absolute Gasteiger partial charge is 0.318 e. The number of nitrogens with zero attached hydrogens (tertiary/aromatic N) is 2. The molecule has 2 N–H and O–H groups in total. The molecule has 0 spiro atoms. The SMILES string of the molecule is CNCCN1CCN(CCNC)CC1. The van der Waals surface area contributed by atoms with Gasteiger partial charge >= 0.3 is 0 Å². The van der Waals surface area contributed by atoms with Crippen LogP contribution in [0, 0.1) is 0 Å². The fourth-order valence-electron chi connectivity index (χ4n) is 1.78. The third-order valence-corrected chi connectivity index (χ3v) is 2.82. The molecule has 0 aromatic rings. The van der Waals surface area contributed by atoms with Crippen LogP contribution in [0.4, 0.5) is 0 Å². The Balaban J connectivity index is 2.05. The van der Waals surface area contributed by atoms with Crippen molar-refractivity contribution in [2.75, 3.05) is 66.5 Å². The monoisotopic (exact) mass is 200 g/mol. The van der Waals surface area contributed by atoms with Crippen molar-refractivity contribution in [2.45, 2.75) is 0 Å². The first-order valence-electron chi connectivity index (χ1n) is 5.60. The molecule has 0 bridgehead atoms. The summed E-state index contributed by atoms with van der Waals surface area (Å²) in [6.07, 6.45) is 0. The van der Waals surface area contributed by atoms with Crippen molar-refractivity contribution in [2.24, 2.45) is 0 Å². The first-order chi connectivity index (χ1) is 6.86. The van der Waals surface area contributed by atoms with Gasteiger partial charge in [-0.05, 0) is 14.1 Å². The van der Waals surface area contributed by atoms with Gasteiger partial charge in [0.05, 0.1) is 0 Å². The van der Waals surface area contributed by atoms with Gasteiger partial charge in [-0.25, -0.2) is 0 Å². The van der Waals surface area contributed by atoms with Gasteiger partial charge in [-0.2, -0.15) is 0 Å². The van der Waals surface area contributed by atoms with Crippen LogP contribution in [0.25, 0.3) is 0 Å². The number of hydrogen-bond acceptors (Lipinski definition) is 4. The lowest BCUT2D eigenvalue weighted by Crippen LogP contribution is -2.49. The van der Waals surface area contributed by atoms with Gasteiger partial charge in [0.15, 0.2) is 0 Å². The maximum Gasteiger partial charge on any atom is 0.0110 e. The van der Waals surface area contributed by atoms with Crippen molar-refractivity contribution in [3.63, 3.8) is 0 Å². The molecule has 1 aliphatic rings. The summed E-state index contributed by atoms with van der Waals surface area (Å²) >= 11 is 0. The summed E-state index contributed by atoms with van der Waals surface area (Å²) in [5.74, 6) is 0. The number of likely N-dealkylation sites (N-methyl/N-ethyl adjacent to an activating group) is 2. The van der Waals surface area contributed by atoms with Crippen molar-refractivity contribution in [3.05, 3.63) is 0 Å². The molecular formula is C10H24N4. The van der Waals surface area contributed by atoms with E-state index in [0.29, 0.717) is 0 Å². The highest BCUT2D eigenvalue weighted by Crippen LogP contribution is 1.99. The van der Waals surface area contributed by atoms with E-state index in [2.05, 4.69) is 20.4 Å². The molecule has 1 saturated heterocycles. The Bertz CT molecular complexity index is 116. The highest BCUT2D eigenvalue weighted by atomic mass is 15.3. The van der Waals surface area contributed by atoms with Gasteiger partial charge in [-0.1, -0.05) is 0 Å². The van der Waals surface area contributed by atoms with E-state index < -0.39 is 0 Å². The van der Waals surface area contributed by atoms with E-state index in [4.69, 9.17) is 0 Å². The highest BCUT2D eigenvalue weighted by Gasteiger charge is 2.14. The molecule has 4 nitrogen and oxygen atoms in total. The maximum absolute atomic E-state index is 3.20. The molecule has 0 aromatic heterocycles. The van der Waals surface area contributed by atoms with Gasteiger partial charge in [-0.3, -0.25) is 9.80 Å². The lowest BCUT2D eigenvalue weighted by molar-refractivity contribution is 0.134. The summed E-state index contributed by atoms with van der Waals surface area (Å²) < 4.78 is 0. The minimum absolute atomic E-state index is 1.11. The molecule has 0 radical (unpaired) electrons. The summed E-state index contributed by atoms with van der Waals surface area (Å²) in [4.78, 5) is 5.07. The van der Waals surface area contributed by atoms with Gasteiger partial charge in [0, 0.05) is 52.4 Å². The van der Waals surface area contributed by atoms with Crippen molar-refractivity contribution < 1.29 is 0 Å². The summed E-state index contributed by atoms with van der Waals surface area (Å²) in [6, 6.07) is 0. The Hall–Kier alpha value is -0.160. The Morgan fingerprint density at radius 3 is 1.43 bits per heavy atom. The average molecular weight is 200 g/mol. The molecule has 14 heavy (non-hydrogen) atoms. The van der Waals surface area contributed by atoms with Gasteiger partial charge in [0.2, 0.25) is 0 Å². The van der Waals surface area contributed by atoms with E-state index in [9.17, 15) is 0 Å². The Kier molecular flexibility index (Phi) is 6.10. The second kappa shape index (κ2) is 7.17. The number of rotatable bonds is 6. The predicted molar refractivity (Wildman–Crippen MR) is 60.7 cm³/mol. The van der Waals surface area contributed by atoms with Crippen LogP contribution in [0.5, 0.6) is 0 Å². The minimum atomic E-state index is 1.11. The standard InChI is InChI=1S/C10H24N4/c1-11-3-5-13-7-9-14(10-8-13)6-4-12-2/h11-12H,3-10H2,1-2H3. The van der Waals surface area contributed by atoms with Crippen LogP contribution in [0.2, 0.25) is 0 Å². The van der Waals surface area contributed by atoms with Crippen LogP contribution in [0.3, 0.4) is 0 Å². The Labute approximate surface area is 87.6 Å². The zero-order chi connectivity index (χ0) is 10.2. The molecule has 0 aliphatic carbocycles. The average Bonchev–Trinajstić information content (AvgIpc) is 2.25. The lowest BCUT2D eigenvalue weighted by atomic mass is 10.3. The third-order valence-electron chi connectivity index (χ3n) is 2.82. The van der Waals surface area contributed by atoms with Gasteiger partial charge < -0.3 is 10.6 Å². The summed E-state index contributed by atoms with van der Waals surface area (Å²) in [6.45, 7) is 9.51. The van der Waals surface area contributed by atoms with Crippen molar-refractivity contribution in [1.82, 2.24) is 20.4 Å². The Morgan fingerprint density at radius 1 is 0.786 bits per heavy atom. The van der Waals surface area contributed by atoms with E-state index in [-0.39, 0.29) is 0 Å². The van der Waals surface area contributed by atoms with E-state index in [1.54, 1.807) is 0 Å². The molecule has 0 amide bonds. The summed E-state index contributed by atoms with van der Waals surface area (Å²) in [5.41, 5.74) is 0. The lowest BCUT2D eigenvalue weighted by Gasteiger charge is -2.34. The predicted octanol–water partition coefficient (Wildman–Crippen LogP) is -0.957. The molecule has 0 aromatic carbocycles. The second-order valence-electron chi connectivity index (χ2n) is 3.89. The van der Waals surface area contributed by atoms with Gasteiger partial charge in [-0.15, -0.1) is 0 Å². The molecule has 1 fully saturated rings. The van der Waals surface area contributed by atoms with E-state index in [0.717, 1.165) is 13.1 Å². The quantitative estimate of drug-likeness (QED) is 0.578.